The van der Waals surface area contributed by atoms with Crippen LogP contribution in [0, 0.1) is 5.82 Å². The SMILES string of the molecule is CCN(C[C@H]1COC(N)=N1)c1ccc(C(F)(F)F)c(F)c1. The Morgan fingerprint density at radius 1 is 1.43 bits per heavy atom. The van der Waals surface area contributed by atoms with Crippen LogP contribution in [0.15, 0.2) is 23.2 Å². The number of amidine groups is 1. The van der Waals surface area contributed by atoms with Crippen LogP contribution in [0.5, 0.6) is 0 Å². The first kappa shape index (κ1) is 15.4. The number of nitrogens with two attached hydrogens (primary N) is 1. The number of hydrogen-bond acceptors (Lipinski definition) is 4. The lowest BCUT2D eigenvalue weighted by atomic mass is 10.1. The van der Waals surface area contributed by atoms with E-state index in [1.807, 2.05) is 6.92 Å². The molecule has 0 saturated carbocycles. The van der Waals surface area contributed by atoms with Crippen LogP contribution in [0.4, 0.5) is 23.2 Å². The van der Waals surface area contributed by atoms with Crippen LogP contribution >= 0.6 is 0 Å². The maximum absolute atomic E-state index is 13.6. The lowest BCUT2D eigenvalue weighted by Gasteiger charge is -2.25. The van der Waals surface area contributed by atoms with E-state index in [4.69, 9.17) is 10.5 Å². The molecule has 21 heavy (non-hydrogen) atoms. The number of anilines is 1. The molecule has 1 aliphatic rings. The van der Waals surface area contributed by atoms with E-state index >= 15 is 0 Å². The highest BCUT2D eigenvalue weighted by Gasteiger charge is 2.34. The summed E-state index contributed by atoms with van der Waals surface area (Å²) < 4.78 is 56.2. The largest absolute Gasteiger partial charge is 0.463 e. The number of likely N-dealkylation sites (N-methyl/N-ethyl adjacent to an activating group) is 1. The lowest BCUT2D eigenvalue weighted by molar-refractivity contribution is -0.139. The van der Waals surface area contributed by atoms with Crippen molar-refractivity contribution >= 4 is 11.7 Å². The molecule has 2 rings (SSSR count). The van der Waals surface area contributed by atoms with Gasteiger partial charge in [0.1, 0.15) is 18.5 Å². The summed E-state index contributed by atoms with van der Waals surface area (Å²) in [6, 6.07) is 2.76. The van der Waals surface area contributed by atoms with E-state index in [0.717, 1.165) is 12.1 Å². The molecule has 4 nitrogen and oxygen atoms in total. The fourth-order valence-corrected chi connectivity index (χ4v) is 2.13. The highest BCUT2D eigenvalue weighted by atomic mass is 19.4. The molecule has 0 radical (unpaired) electrons. The smallest absolute Gasteiger partial charge is 0.419 e. The Labute approximate surface area is 119 Å². The van der Waals surface area contributed by atoms with Crippen LogP contribution in [0.3, 0.4) is 0 Å². The van der Waals surface area contributed by atoms with Crippen LogP contribution in [-0.2, 0) is 10.9 Å². The standard InChI is InChI=1S/C13H15F4N3O/c1-2-20(6-8-7-21-12(18)19-8)9-3-4-10(11(14)5-9)13(15,16)17/h3-5,8H,2,6-7H2,1H3,(H2,18,19)/t8-/m0/s1. The van der Waals surface area contributed by atoms with Gasteiger partial charge in [0.15, 0.2) is 0 Å². The summed E-state index contributed by atoms with van der Waals surface area (Å²) in [4.78, 5) is 5.76. The van der Waals surface area contributed by atoms with Gasteiger partial charge in [-0.05, 0) is 25.1 Å². The van der Waals surface area contributed by atoms with Gasteiger partial charge in [-0.2, -0.15) is 13.2 Å². The Morgan fingerprint density at radius 2 is 2.14 bits per heavy atom. The zero-order valence-electron chi connectivity index (χ0n) is 11.3. The van der Waals surface area contributed by atoms with Crippen molar-refractivity contribution in [3.8, 4) is 0 Å². The third kappa shape index (κ3) is 3.56. The molecule has 0 amide bonds. The van der Waals surface area contributed by atoms with E-state index in [1.54, 1.807) is 4.90 Å². The first-order chi connectivity index (χ1) is 9.81. The van der Waals surface area contributed by atoms with Gasteiger partial charge in [-0.3, -0.25) is 0 Å². The van der Waals surface area contributed by atoms with Crippen molar-refractivity contribution in [2.45, 2.75) is 19.1 Å². The van der Waals surface area contributed by atoms with E-state index in [2.05, 4.69) is 4.99 Å². The summed E-state index contributed by atoms with van der Waals surface area (Å²) in [5.41, 5.74) is 4.49. The first-order valence-corrected chi connectivity index (χ1v) is 6.39. The predicted octanol–water partition coefficient (Wildman–Crippen LogP) is 2.38. The van der Waals surface area contributed by atoms with Gasteiger partial charge in [0.05, 0.1) is 5.56 Å². The Balaban J connectivity index is 2.17. The maximum Gasteiger partial charge on any atom is 0.419 e. The zero-order valence-corrected chi connectivity index (χ0v) is 11.3. The summed E-state index contributed by atoms with van der Waals surface area (Å²) in [5, 5.41) is 0. The van der Waals surface area contributed by atoms with Crippen LogP contribution in [0.2, 0.25) is 0 Å². The molecule has 0 aromatic heterocycles. The minimum atomic E-state index is -4.70. The number of ether oxygens (including phenoxy) is 1. The third-order valence-corrected chi connectivity index (χ3v) is 3.17. The van der Waals surface area contributed by atoms with Crippen molar-refractivity contribution in [2.24, 2.45) is 10.7 Å². The molecule has 1 atom stereocenters. The van der Waals surface area contributed by atoms with Gasteiger partial charge in [-0.15, -0.1) is 0 Å². The first-order valence-electron chi connectivity index (χ1n) is 6.39. The monoisotopic (exact) mass is 305 g/mol. The summed E-state index contributed by atoms with van der Waals surface area (Å²) in [7, 11) is 0. The fourth-order valence-electron chi connectivity index (χ4n) is 2.13. The van der Waals surface area contributed by atoms with Crippen LogP contribution in [0.1, 0.15) is 12.5 Å². The molecule has 0 bridgehead atoms. The molecule has 0 saturated heterocycles. The van der Waals surface area contributed by atoms with Gasteiger partial charge >= 0.3 is 6.18 Å². The number of alkyl halides is 3. The molecule has 2 N–H and O–H groups in total. The van der Waals surface area contributed by atoms with Gasteiger partial charge in [-0.25, -0.2) is 9.38 Å². The number of nitrogens with zero attached hydrogens (tertiary/aromatic N) is 2. The van der Waals surface area contributed by atoms with Gasteiger partial charge in [-0.1, -0.05) is 0 Å². The normalized spacial score (nSPS) is 18.3. The van der Waals surface area contributed by atoms with Crippen molar-refractivity contribution in [2.75, 3.05) is 24.6 Å². The summed E-state index contributed by atoms with van der Waals surface area (Å²) >= 11 is 0. The highest BCUT2D eigenvalue weighted by Crippen LogP contribution is 2.33. The minimum Gasteiger partial charge on any atom is -0.463 e. The molecule has 8 heteroatoms. The van der Waals surface area contributed by atoms with Gasteiger partial charge in [0, 0.05) is 18.8 Å². The molecule has 0 spiro atoms. The van der Waals surface area contributed by atoms with Crippen LogP contribution in [-0.4, -0.2) is 31.8 Å². The summed E-state index contributed by atoms with van der Waals surface area (Å²) in [6.45, 7) is 3.02. The quantitative estimate of drug-likeness (QED) is 0.869. The molecule has 1 heterocycles. The Bertz CT molecular complexity index is 545. The molecule has 0 unspecified atom stereocenters. The lowest BCUT2D eigenvalue weighted by Crippen LogP contribution is -2.32. The molecular weight excluding hydrogens is 290 g/mol. The second-order valence-corrected chi connectivity index (χ2v) is 4.63. The van der Waals surface area contributed by atoms with Crippen molar-refractivity contribution in [3.05, 3.63) is 29.6 Å². The number of aliphatic imine (C=N–C) groups is 1. The van der Waals surface area contributed by atoms with Crippen molar-refractivity contribution in [3.63, 3.8) is 0 Å². The Kier molecular flexibility index (Phi) is 4.24. The second kappa shape index (κ2) is 5.79. The van der Waals surface area contributed by atoms with E-state index in [-0.39, 0.29) is 12.1 Å². The van der Waals surface area contributed by atoms with Crippen molar-refractivity contribution in [1.29, 1.82) is 0 Å². The topological polar surface area (TPSA) is 50.9 Å². The average molecular weight is 305 g/mol. The number of halogens is 4. The zero-order chi connectivity index (χ0) is 15.6. The molecule has 0 fully saturated rings. The van der Waals surface area contributed by atoms with E-state index < -0.39 is 17.6 Å². The van der Waals surface area contributed by atoms with Gasteiger partial charge in [0.2, 0.25) is 0 Å². The van der Waals surface area contributed by atoms with Crippen LogP contribution < -0.4 is 10.6 Å². The molecule has 1 aromatic carbocycles. The molecule has 1 aromatic rings. The van der Waals surface area contributed by atoms with Crippen LogP contribution in [0.25, 0.3) is 0 Å². The maximum atomic E-state index is 13.6. The molecular formula is C13H15F4N3O. The van der Waals surface area contributed by atoms with Gasteiger partial charge in [0.25, 0.3) is 6.02 Å². The molecule has 1 aliphatic heterocycles. The number of rotatable bonds is 4. The van der Waals surface area contributed by atoms with Crippen molar-refractivity contribution < 1.29 is 22.3 Å². The van der Waals surface area contributed by atoms with E-state index in [1.165, 1.54) is 6.07 Å². The fraction of sp³-hybridized carbons (Fsp3) is 0.462. The van der Waals surface area contributed by atoms with Crippen molar-refractivity contribution in [1.82, 2.24) is 0 Å². The predicted molar refractivity (Wildman–Crippen MR) is 70.7 cm³/mol. The van der Waals surface area contributed by atoms with Gasteiger partial charge < -0.3 is 15.4 Å². The average Bonchev–Trinajstić information content (AvgIpc) is 2.80. The van der Waals surface area contributed by atoms with E-state index in [0.29, 0.717) is 25.4 Å². The summed E-state index contributed by atoms with van der Waals surface area (Å²) in [6.07, 6.45) is -4.70. The second-order valence-electron chi connectivity index (χ2n) is 4.63. The number of hydrogen-bond donors (Lipinski definition) is 1. The van der Waals surface area contributed by atoms with E-state index in [9.17, 15) is 17.6 Å². The molecule has 116 valence electrons. The Hall–Kier alpha value is -1.99. The summed E-state index contributed by atoms with van der Waals surface area (Å²) in [5.74, 6) is -1.29. The Morgan fingerprint density at radius 3 is 2.62 bits per heavy atom. The third-order valence-electron chi connectivity index (χ3n) is 3.17. The minimum absolute atomic E-state index is 0.0923. The highest BCUT2D eigenvalue weighted by molar-refractivity contribution is 5.73. The number of benzene rings is 1. The molecule has 0 aliphatic carbocycles.